The minimum absolute atomic E-state index is 0.130. The number of imidazole rings is 1. The summed E-state index contributed by atoms with van der Waals surface area (Å²) in [7, 11) is 0. The van der Waals surface area contributed by atoms with E-state index in [1.54, 1.807) is 18.6 Å². The van der Waals surface area contributed by atoms with Crippen LogP contribution in [0.2, 0.25) is 0 Å². The fraction of sp³-hybridized carbons (Fsp3) is 0.300. The minimum Gasteiger partial charge on any atom is -0.346 e. The van der Waals surface area contributed by atoms with Crippen molar-refractivity contribution in [1.82, 2.24) is 24.8 Å². The highest BCUT2D eigenvalue weighted by Gasteiger charge is 2.10. The molecular weight excluding hydrogens is 326 g/mol. The summed E-state index contributed by atoms with van der Waals surface area (Å²) in [6.45, 7) is 7.52. The van der Waals surface area contributed by atoms with Crippen LogP contribution < -0.4 is 5.32 Å². The normalized spacial score (nSPS) is 10.9. The molecule has 3 rings (SSSR count). The fourth-order valence-electron chi connectivity index (χ4n) is 2.64. The molecule has 6 heteroatoms. The highest BCUT2D eigenvalue weighted by Crippen LogP contribution is 2.18. The van der Waals surface area contributed by atoms with Gasteiger partial charge in [0.2, 0.25) is 0 Å². The molecule has 0 spiro atoms. The van der Waals surface area contributed by atoms with Crippen LogP contribution in [0.3, 0.4) is 0 Å². The summed E-state index contributed by atoms with van der Waals surface area (Å²) in [5, 5.41) is 2.94. The van der Waals surface area contributed by atoms with Crippen LogP contribution in [0.15, 0.2) is 49.2 Å². The third kappa shape index (κ3) is 3.96. The van der Waals surface area contributed by atoms with Crippen LogP contribution in [-0.2, 0) is 13.1 Å². The van der Waals surface area contributed by atoms with E-state index in [1.807, 2.05) is 42.1 Å². The molecule has 0 bridgehead atoms. The summed E-state index contributed by atoms with van der Waals surface area (Å²) in [5.74, 6) is 0.875. The zero-order valence-electron chi connectivity index (χ0n) is 15.3. The Balaban J connectivity index is 1.73. The summed E-state index contributed by atoms with van der Waals surface area (Å²) >= 11 is 0. The van der Waals surface area contributed by atoms with Crippen molar-refractivity contribution < 1.29 is 4.79 Å². The SMILES string of the molecule is CCn1cncc1CNC(=O)c1cccc(-c2ncc(C(C)C)cn2)c1. The Bertz CT molecular complexity index is 883. The van der Waals surface area contributed by atoms with Gasteiger partial charge in [-0.05, 0) is 30.5 Å². The molecule has 2 heterocycles. The quantitative estimate of drug-likeness (QED) is 0.740. The molecule has 1 aromatic carbocycles. The zero-order chi connectivity index (χ0) is 18.5. The molecule has 0 saturated carbocycles. The molecular formula is C20H23N5O. The zero-order valence-corrected chi connectivity index (χ0v) is 15.3. The first-order chi connectivity index (χ1) is 12.6. The Labute approximate surface area is 153 Å². The number of hydrogen-bond acceptors (Lipinski definition) is 4. The van der Waals surface area contributed by atoms with E-state index in [4.69, 9.17) is 0 Å². The topological polar surface area (TPSA) is 72.7 Å². The third-order valence-electron chi connectivity index (χ3n) is 4.29. The Hall–Kier alpha value is -3.02. The van der Waals surface area contributed by atoms with Gasteiger partial charge in [0, 0.05) is 36.3 Å². The molecule has 0 saturated heterocycles. The van der Waals surface area contributed by atoms with Crippen molar-refractivity contribution in [1.29, 1.82) is 0 Å². The summed E-state index contributed by atoms with van der Waals surface area (Å²) in [6, 6.07) is 7.36. The number of hydrogen-bond donors (Lipinski definition) is 1. The number of amides is 1. The number of benzene rings is 1. The van der Waals surface area contributed by atoms with Crippen molar-refractivity contribution in [2.45, 2.75) is 39.8 Å². The molecule has 0 aliphatic rings. The van der Waals surface area contributed by atoms with Gasteiger partial charge in [0.15, 0.2) is 5.82 Å². The molecule has 0 radical (unpaired) electrons. The van der Waals surface area contributed by atoms with Crippen LogP contribution in [0, 0.1) is 0 Å². The second-order valence-corrected chi connectivity index (χ2v) is 6.43. The molecule has 1 N–H and O–H groups in total. The van der Waals surface area contributed by atoms with E-state index in [0.29, 0.717) is 23.9 Å². The van der Waals surface area contributed by atoms with Crippen molar-refractivity contribution in [2.24, 2.45) is 0 Å². The van der Waals surface area contributed by atoms with E-state index in [9.17, 15) is 4.79 Å². The maximum absolute atomic E-state index is 12.5. The van der Waals surface area contributed by atoms with E-state index < -0.39 is 0 Å². The van der Waals surface area contributed by atoms with Gasteiger partial charge in [0.05, 0.1) is 18.6 Å². The number of carbonyl (C=O) groups is 1. The van der Waals surface area contributed by atoms with Crippen molar-refractivity contribution in [2.75, 3.05) is 0 Å². The number of carbonyl (C=O) groups excluding carboxylic acids is 1. The Morgan fingerprint density at radius 2 is 1.96 bits per heavy atom. The Kier molecular flexibility index (Phi) is 5.41. The van der Waals surface area contributed by atoms with E-state index in [1.165, 1.54) is 0 Å². The molecule has 0 fully saturated rings. The molecule has 0 unspecified atom stereocenters. The van der Waals surface area contributed by atoms with Crippen LogP contribution in [-0.4, -0.2) is 25.4 Å². The smallest absolute Gasteiger partial charge is 0.251 e. The third-order valence-corrected chi connectivity index (χ3v) is 4.29. The lowest BCUT2D eigenvalue weighted by Crippen LogP contribution is -2.24. The maximum Gasteiger partial charge on any atom is 0.251 e. The second-order valence-electron chi connectivity index (χ2n) is 6.43. The molecule has 0 aliphatic heterocycles. The van der Waals surface area contributed by atoms with Crippen LogP contribution >= 0.6 is 0 Å². The maximum atomic E-state index is 12.5. The van der Waals surface area contributed by atoms with Gasteiger partial charge >= 0.3 is 0 Å². The van der Waals surface area contributed by atoms with Gasteiger partial charge < -0.3 is 9.88 Å². The van der Waals surface area contributed by atoms with Gasteiger partial charge in [0.1, 0.15) is 0 Å². The summed E-state index contributed by atoms with van der Waals surface area (Å²) in [6.07, 6.45) is 7.21. The monoisotopic (exact) mass is 349 g/mol. The van der Waals surface area contributed by atoms with Crippen LogP contribution in [0.4, 0.5) is 0 Å². The fourth-order valence-corrected chi connectivity index (χ4v) is 2.64. The summed E-state index contributed by atoms with van der Waals surface area (Å²) in [4.78, 5) is 25.4. The van der Waals surface area contributed by atoms with E-state index in [0.717, 1.165) is 23.4 Å². The van der Waals surface area contributed by atoms with Gasteiger partial charge in [-0.1, -0.05) is 26.0 Å². The van der Waals surface area contributed by atoms with Crippen LogP contribution in [0.5, 0.6) is 0 Å². The average Bonchev–Trinajstić information content (AvgIpc) is 3.14. The Morgan fingerprint density at radius 1 is 1.19 bits per heavy atom. The van der Waals surface area contributed by atoms with Gasteiger partial charge in [-0.15, -0.1) is 0 Å². The number of nitrogens with zero attached hydrogens (tertiary/aromatic N) is 4. The summed E-state index contributed by atoms with van der Waals surface area (Å²) < 4.78 is 2.00. The molecule has 0 atom stereocenters. The first-order valence-corrected chi connectivity index (χ1v) is 8.78. The number of aromatic nitrogens is 4. The number of nitrogens with one attached hydrogen (secondary N) is 1. The molecule has 6 nitrogen and oxygen atoms in total. The minimum atomic E-state index is -0.130. The van der Waals surface area contributed by atoms with Crippen molar-refractivity contribution in [3.63, 3.8) is 0 Å². The second kappa shape index (κ2) is 7.91. The van der Waals surface area contributed by atoms with Gasteiger partial charge in [0.25, 0.3) is 5.91 Å². The Morgan fingerprint density at radius 3 is 2.65 bits per heavy atom. The lowest BCUT2D eigenvalue weighted by Gasteiger charge is -2.09. The summed E-state index contributed by atoms with van der Waals surface area (Å²) in [5.41, 5.74) is 3.48. The lowest BCUT2D eigenvalue weighted by atomic mass is 10.1. The number of aryl methyl sites for hydroxylation is 1. The van der Waals surface area contributed by atoms with E-state index in [2.05, 4.69) is 34.1 Å². The van der Waals surface area contributed by atoms with Crippen molar-refractivity contribution in [3.05, 3.63) is 66.0 Å². The van der Waals surface area contributed by atoms with Gasteiger partial charge in [-0.25, -0.2) is 15.0 Å². The first-order valence-electron chi connectivity index (χ1n) is 8.78. The molecule has 1 amide bonds. The highest BCUT2D eigenvalue weighted by atomic mass is 16.1. The largest absolute Gasteiger partial charge is 0.346 e. The van der Waals surface area contributed by atoms with Crippen molar-refractivity contribution >= 4 is 5.91 Å². The first kappa shape index (κ1) is 17.8. The van der Waals surface area contributed by atoms with Crippen LogP contribution in [0.1, 0.15) is 48.3 Å². The highest BCUT2D eigenvalue weighted by molar-refractivity contribution is 5.95. The van der Waals surface area contributed by atoms with Gasteiger partial charge in [-0.2, -0.15) is 0 Å². The van der Waals surface area contributed by atoms with E-state index in [-0.39, 0.29) is 5.91 Å². The predicted molar refractivity (Wildman–Crippen MR) is 101 cm³/mol. The molecule has 3 aromatic rings. The average molecular weight is 349 g/mol. The standard InChI is InChI=1S/C20H23N5O/c1-4-25-13-21-11-18(25)12-24-20(26)16-7-5-6-15(8-16)19-22-9-17(10-23-19)14(2)3/h5-11,13-14H,4,12H2,1-3H3,(H,24,26). The molecule has 0 aliphatic carbocycles. The molecule has 2 aromatic heterocycles. The predicted octanol–water partition coefficient (Wildman–Crippen LogP) is 3.41. The lowest BCUT2D eigenvalue weighted by molar-refractivity contribution is 0.0950. The van der Waals surface area contributed by atoms with Crippen molar-refractivity contribution in [3.8, 4) is 11.4 Å². The molecule has 26 heavy (non-hydrogen) atoms. The van der Waals surface area contributed by atoms with Crippen LogP contribution in [0.25, 0.3) is 11.4 Å². The molecule has 134 valence electrons. The van der Waals surface area contributed by atoms with E-state index >= 15 is 0 Å². The van der Waals surface area contributed by atoms with Gasteiger partial charge in [-0.3, -0.25) is 4.79 Å². The number of rotatable bonds is 6.